The standard InChI is InChI=1S/C16H28N2O/c1-4-5-14-8-9-18(11-14)12-16-7-6-15(19-16)10-17-13(2)3/h6-7,13-14,17H,4-5,8-12H2,1-3H3. The van der Waals surface area contributed by atoms with E-state index in [9.17, 15) is 0 Å². The van der Waals surface area contributed by atoms with E-state index >= 15 is 0 Å². The Bertz CT molecular complexity index is 373. The van der Waals surface area contributed by atoms with Crippen LogP contribution >= 0.6 is 0 Å². The van der Waals surface area contributed by atoms with Crippen LogP contribution in [0.15, 0.2) is 16.5 Å². The van der Waals surface area contributed by atoms with Crippen molar-refractivity contribution in [3.8, 4) is 0 Å². The molecule has 3 nitrogen and oxygen atoms in total. The first kappa shape index (κ1) is 14.6. The molecule has 0 aliphatic carbocycles. The molecule has 0 radical (unpaired) electrons. The molecular weight excluding hydrogens is 236 g/mol. The van der Waals surface area contributed by atoms with Crippen molar-refractivity contribution in [3.05, 3.63) is 23.7 Å². The van der Waals surface area contributed by atoms with Crippen molar-refractivity contribution >= 4 is 0 Å². The summed E-state index contributed by atoms with van der Waals surface area (Å²) in [6.07, 6.45) is 4.04. The van der Waals surface area contributed by atoms with Gasteiger partial charge in [0.2, 0.25) is 0 Å². The molecule has 1 atom stereocenters. The summed E-state index contributed by atoms with van der Waals surface area (Å²) in [5.41, 5.74) is 0. The molecular formula is C16H28N2O. The molecule has 1 aliphatic rings. The van der Waals surface area contributed by atoms with E-state index in [1.807, 2.05) is 0 Å². The van der Waals surface area contributed by atoms with Gasteiger partial charge in [0, 0.05) is 12.6 Å². The molecule has 1 aliphatic heterocycles. The summed E-state index contributed by atoms with van der Waals surface area (Å²) >= 11 is 0. The number of furan rings is 1. The molecule has 1 N–H and O–H groups in total. The van der Waals surface area contributed by atoms with Gasteiger partial charge in [-0.1, -0.05) is 27.2 Å². The topological polar surface area (TPSA) is 28.4 Å². The third-order valence-corrected chi connectivity index (χ3v) is 3.85. The molecule has 0 amide bonds. The molecule has 0 saturated carbocycles. The Kier molecular flexibility index (Phi) is 5.46. The van der Waals surface area contributed by atoms with Crippen LogP contribution in [0.4, 0.5) is 0 Å². The average molecular weight is 264 g/mol. The molecule has 1 unspecified atom stereocenters. The number of nitrogens with one attached hydrogen (secondary N) is 1. The summed E-state index contributed by atoms with van der Waals surface area (Å²) in [6.45, 7) is 10.9. The largest absolute Gasteiger partial charge is 0.463 e. The van der Waals surface area contributed by atoms with Crippen molar-refractivity contribution < 1.29 is 4.42 Å². The van der Waals surface area contributed by atoms with E-state index in [4.69, 9.17) is 4.42 Å². The molecule has 2 heterocycles. The highest BCUT2D eigenvalue weighted by Crippen LogP contribution is 2.23. The fourth-order valence-corrected chi connectivity index (χ4v) is 2.83. The second kappa shape index (κ2) is 7.11. The van der Waals surface area contributed by atoms with E-state index in [0.717, 1.165) is 30.5 Å². The van der Waals surface area contributed by atoms with Crippen LogP contribution in [0.3, 0.4) is 0 Å². The van der Waals surface area contributed by atoms with Crippen LogP contribution in [-0.4, -0.2) is 24.0 Å². The van der Waals surface area contributed by atoms with E-state index in [-0.39, 0.29) is 0 Å². The number of likely N-dealkylation sites (tertiary alicyclic amines) is 1. The Balaban J connectivity index is 1.77. The minimum atomic E-state index is 0.502. The van der Waals surface area contributed by atoms with Gasteiger partial charge in [0.15, 0.2) is 0 Å². The second-order valence-electron chi connectivity index (χ2n) is 6.08. The molecule has 19 heavy (non-hydrogen) atoms. The molecule has 108 valence electrons. The highest BCUT2D eigenvalue weighted by molar-refractivity contribution is 5.07. The highest BCUT2D eigenvalue weighted by Gasteiger charge is 2.22. The van der Waals surface area contributed by atoms with Gasteiger partial charge in [0.05, 0.1) is 13.1 Å². The van der Waals surface area contributed by atoms with Crippen LogP contribution in [-0.2, 0) is 13.1 Å². The van der Waals surface area contributed by atoms with Crippen LogP contribution in [0.2, 0.25) is 0 Å². The lowest BCUT2D eigenvalue weighted by atomic mass is 10.0. The zero-order valence-electron chi connectivity index (χ0n) is 12.6. The lowest BCUT2D eigenvalue weighted by Crippen LogP contribution is -2.21. The fraction of sp³-hybridized carbons (Fsp3) is 0.750. The number of hydrogen-bond acceptors (Lipinski definition) is 3. The van der Waals surface area contributed by atoms with E-state index in [2.05, 4.69) is 43.1 Å². The maximum Gasteiger partial charge on any atom is 0.118 e. The normalized spacial score (nSPS) is 20.5. The van der Waals surface area contributed by atoms with Gasteiger partial charge >= 0.3 is 0 Å². The van der Waals surface area contributed by atoms with Crippen molar-refractivity contribution in [2.24, 2.45) is 5.92 Å². The van der Waals surface area contributed by atoms with Gasteiger partial charge in [0.1, 0.15) is 11.5 Å². The van der Waals surface area contributed by atoms with Crippen LogP contribution < -0.4 is 5.32 Å². The maximum atomic E-state index is 5.89. The Labute approximate surface area is 117 Å². The lowest BCUT2D eigenvalue weighted by Gasteiger charge is -2.14. The molecule has 0 bridgehead atoms. The predicted molar refractivity (Wildman–Crippen MR) is 79.0 cm³/mol. The first-order valence-electron chi connectivity index (χ1n) is 7.70. The zero-order chi connectivity index (χ0) is 13.7. The monoisotopic (exact) mass is 264 g/mol. The summed E-state index contributed by atoms with van der Waals surface area (Å²) < 4.78 is 5.89. The molecule has 1 saturated heterocycles. The van der Waals surface area contributed by atoms with E-state index in [1.165, 1.54) is 32.4 Å². The number of rotatable bonds is 7. The predicted octanol–water partition coefficient (Wildman–Crippen LogP) is 3.40. The quantitative estimate of drug-likeness (QED) is 0.818. The van der Waals surface area contributed by atoms with Crippen LogP contribution in [0, 0.1) is 5.92 Å². The Hall–Kier alpha value is -0.800. The molecule has 0 aromatic carbocycles. The highest BCUT2D eigenvalue weighted by atomic mass is 16.3. The van der Waals surface area contributed by atoms with Crippen molar-refractivity contribution in [3.63, 3.8) is 0 Å². The number of hydrogen-bond donors (Lipinski definition) is 1. The minimum Gasteiger partial charge on any atom is -0.463 e. The van der Waals surface area contributed by atoms with Crippen molar-refractivity contribution in [1.82, 2.24) is 10.2 Å². The van der Waals surface area contributed by atoms with Crippen LogP contribution in [0.25, 0.3) is 0 Å². The van der Waals surface area contributed by atoms with E-state index < -0.39 is 0 Å². The van der Waals surface area contributed by atoms with Crippen molar-refractivity contribution in [2.75, 3.05) is 13.1 Å². The summed E-state index contributed by atoms with van der Waals surface area (Å²) in [4.78, 5) is 2.53. The van der Waals surface area contributed by atoms with Gasteiger partial charge in [-0.3, -0.25) is 4.90 Å². The minimum absolute atomic E-state index is 0.502. The SMILES string of the molecule is CCCC1CCN(Cc2ccc(CNC(C)C)o2)C1. The first-order valence-corrected chi connectivity index (χ1v) is 7.70. The van der Waals surface area contributed by atoms with Gasteiger partial charge in [-0.05, 0) is 37.4 Å². The average Bonchev–Trinajstić information content (AvgIpc) is 2.98. The van der Waals surface area contributed by atoms with Gasteiger partial charge in [-0.25, -0.2) is 0 Å². The second-order valence-corrected chi connectivity index (χ2v) is 6.08. The smallest absolute Gasteiger partial charge is 0.118 e. The summed E-state index contributed by atoms with van der Waals surface area (Å²) in [5, 5.41) is 3.39. The van der Waals surface area contributed by atoms with Crippen LogP contribution in [0.5, 0.6) is 0 Å². The Morgan fingerprint density at radius 3 is 2.89 bits per heavy atom. The first-order chi connectivity index (χ1) is 9.17. The van der Waals surface area contributed by atoms with Crippen molar-refractivity contribution in [1.29, 1.82) is 0 Å². The summed E-state index contributed by atoms with van der Waals surface area (Å²) in [6, 6.07) is 4.73. The Morgan fingerprint density at radius 2 is 2.16 bits per heavy atom. The third-order valence-electron chi connectivity index (χ3n) is 3.85. The van der Waals surface area contributed by atoms with Gasteiger partial charge < -0.3 is 9.73 Å². The lowest BCUT2D eigenvalue weighted by molar-refractivity contribution is 0.279. The molecule has 0 spiro atoms. The zero-order valence-corrected chi connectivity index (χ0v) is 12.6. The molecule has 1 aromatic heterocycles. The molecule has 2 rings (SSSR count). The fourth-order valence-electron chi connectivity index (χ4n) is 2.83. The third kappa shape index (κ3) is 4.66. The molecule has 1 fully saturated rings. The van der Waals surface area contributed by atoms with Crippen molar-refractivity contribution in [2.45, 2.75) is 59.2 Å². The molecule has 1 aromatic rings. The molecule has 3 heteroatoms. The Morgan fingerprint density at radius 1 is 1.37 bits per heavy atom. The van der Waals surface area contributed by atoms with Crippen LogP contribution in [0.1, 0.15) is 51.6 Å². The van der Waals surface area contributed by atoms with E-state index in [0.29, 0.717) is 6.04 Å². The van der Waals surface area contributed by atoms with Gasteiger partial charge in [-0.2, -0.15) is 0 Å². The number of nitrogens with zero attached hydrogens (tertiary/aromatic N) is 1. The van der Waals surface area contributed by atoms with E-state index in [1.54, 1.807) is 0 Å². The summed E-state index contributed by atoms with van der Waals surface area (Å²) in [5.74, 6) is 3.06. The van der Waals surface area contributed by atoms with Gasteiger partial charge in [-0.15, -0.1) is 0 Å². The maximum absolute atomic E-state index is 5.89. The van der Waals surface area contributed by atoms with Gasteiger partial charge in [0.25, 0.3) is 0 Å². The summed E-state index contributed by atoms with van der Waals surface area (Å²) in [7, 11) is 0.